The first-order chi connectivity index (χ1) is 14.7. The third-order valence-corrected chi connectivity index (χ3v) is 7.11. The summed E-state index contributed by atoms with van der Waals surface area (Å²) in [7, 11) is 0. The number of hydrogen-bond acceptors (Lipinski definition) is 4. The van der Waals surface area contributed by atoms with E-state index in [1.54, 1.807) is 22.2 Å². The lowest BCUT2D eigenvalue weighted by Gasteiger charge is -2.23. The van der Waals surface area contributed by atoms with Gasteiger partial charge in [-0.3, -0.25) is 9.36 Å². The van der Waals surface area contributed by atoms with Crippen LogP contribution in [0.1, 0.15) is 28.0 Å². The van der Waals surface area contributed by atoms with Gasteiger partial charge in [0, 0.05) is 22.5 Å². The van der Waals surface area contributed by atoms with Gasteiger partial charge in [-0.2, -0.15) is 0 Å². The first-order valence-corrected chi connectivity index (χ1v) is 11.4. The number of halogens is 1. The van der Waals surface area contributed by atoms with Crippen molar-refractivity contribution in [3.63, 3.8) is 0 Å². The topological polar surface area (TPSA) is 46.9 Å². The molecule has 1 aliphatic carbocycles. The van der Waals surface area contributed by atoms with Gasteiger partial charge in [-0.25, -0.2) is 4.98 Å². The molecule has 0 saturated heterocycles. The first kappa shape index (κ1) is 19.5. The zero-order valence-electron chi connectivity index (χ0n) is 16.5. The van der Waals surface area contributed by atoms with E-state index < -0.39 is 0 Å². The van der Waals surface area contributed by atoms with Crippen LogP contribution in [0.5, 0.6) is 0 Å². The Morgan fingerprint density at radius 3 is 2.80 bits per heavy atom. The van der Waals surface area contributed by atoms with Crippen molar-refractivity contribution in [3.05, 3.63) is 97.9 Å². The highest BCUT2D eigenvalue weighted by Crippen LogP contribution is 2.33. The number of rotatable bonds is 5. The molecule has 152 valence electrons. The Morgan fingerprint density at radius 1 is 1.13 bits per heavy atom. The number of thiophene rings is 1. The smallest absolute Gasteiger partial charge is 0.262 e. The van der Waals surface area contributed by atoms with Crippen molar-refractivity contribution >= 4 is 33.2 Å². The average molecular weight is 436 g/mol. The normalized spacial score (nSPS) is 16.0. The van der Waals surface area contributed by atoms with Crippen LogP contribution in [-0.4, -0.2) is 15.6 Å². The molecular formula is C24H22ClN3OS. The monoisotopic (exact) mass is 435 g/mol. The maximum Gasteiger partial charge on any atom is 0.262 e. The molecule has 5 rings (SSSR count). The molecule has 0 bridgehead atoms. The zero-order valence-corrected chi connectivity index (χ0v) is 18.0. The van der Waals surface area contributed by atoms with Gasteiger partial charge in [0.1, 0.15) is 4.83 Å². The fourth-order valence-corrected chi connectivity index (χ4v) is 5.65. The largest absolute Gasteiger partial charge is 0.310 e. The van der Waals surface area contributed by atoms with Crippen LogP contribution >= 0.6 is 22.9 Å². The summed E-state index contributed by atoms with van der Waals surface area (Å²) in [6.45, 7) is 1.35. The number of benzene rings is 2. The van der Waals surface area contributed by atoms with Crippen LogP contribution in [0.25, 0.3) is 10.2 Å². The van der Waals surface area contributed by atoms with E-state index in [0.717, 1.165) is 41.6 Å². The molecule has 0 fully saturated rings. The molecule has 2 aromatic heterocycles. The van der Waals surface area contributed by atoms with E-state index in [0.29, 0.717) is 17.6 Å². The Morgan fingerprint density at radius 2 is 1.97 bits per heavy atom. The predicted octanol–water partition coefficient (Wildman–Crippen LogP) is 4.81. The summed E-state index contributed by atoms with van der Waals surface area (Å²) < 4.78 is 1.70. The average Bonchev–Trinajstić information content (AvgIpc) is 3.13. The number of nitrogens with one attached hydrogen (secondary N) is 1. The van der Waals surface area contributed by atoms with Crippen molar-refractivity contribution < 1.29 is 0 Å². The Balaban J connectivity index is 1.38. The van der Waals surface area contributed by atoms with Crippen molar-refractivity contribution in [2.75, 3.05) is 0 Å². The van der Waals surface area contributed by atoms with Crippen LogP contribution in [0.3, 0.4) is 0 Å². The molecule has 1 N–H and O–H groups in total. The molecule has 0 saturated carbocycles. The number of aryl methyl sites for hydroxylation is 1. The van der Waals surface area contributed by atoms with E-state index in [2.05, 4.69) is 34.6 Å². The molecule has 1 atom stereocenters. The van der Waals surface area contributed by atoms with Crippen LogP contribution in [0, 0.1) is 0 Å². The van der Waals surface area contributed by atoms with Gasteiger partial charge in [0.2, 0.25) is 0 Å². The Kier molecular flexibility index (Phi) is 5.42. The van der Waals surface area contributed by atoms with E-state index >= 15 is 0 Å². The van der Waals surface area contributed by atoms with E-state index in [-0.39, 0.29) is 5.56 Å². The number of aromatic nitrogens is 2. The maximum atomic E-state index is 13.2. The van der Waals surface area contributed by atoms with Gasteiger partial charge in [0.05, 0.1) is 18.3 Å². The minimum atomic E-state index is 0.0492. The third-order valence-electron chi connectivity index (χ3n) is 5.72. The lowest BCUT2D eigenvalue weighted by atomic mass is 9.93. The summed E-state index contributed by atoms with van der Waals surface area (Å²) in [6.07, 6.45) is 4.57. The van der Waals surface area contributed by atoms with Crippen molar-refractivity contribution in [3.8, 4) is 0 Å². The molecule has 30 heavy (non-hydrogen) atoms. The Hall–Kier alpha value is -2.47. The molecule has 6 heteroatoms. The van der Waals surface area contributed by atoms with Crippen molar-refractivity contribution in [1.29, 1.82) is 0 Å². The molecule has 2 aromatic carbocycles. The standard InChI is InChI=1S/C24H22ClN3OS/c25-18-8-4-7-17(11-18)14-28-15-27-23-22(24(28)29)20-10-9-19(12-21(20)30-23)26-13-16-5-2-1-3-6-16/h1-8,11,15,19,26H,9-10,12-14H2. The van der Waals surface area contributed by atoms with Gasteiger partial charge in [-0.1, -0.05) is 54.1 Å². The van der Waals surface area contributed by atoms with E-state index in [1.807, 2.05) is 30.3 Å². The maximum absolute atomic E-state index is 13.2. The fourth-order valence-electron chi connectivity index (χ4n) is 4.18. The lowest BCUT2D eigenvalue weighted by Crippen LogP contribution is -2.33. The first-order valence-electron chi connectivity index (χ1n) is 10.2. The molecule has 2 heterocycles. The Bertz CT molecular complexity index is 1250. The second kappa shape index (κ2) is 8.34. The molecule has 0 amide bonds. The third kappa shape index (κ3) is 3.93. The molecule has 4 nitrogen and oxygen atoms in total. The second-order valence-electron chi connectivity index (χ2n) is 7.80. The van der Waals surface area contributed by atoms with Crippen LogP contribution in [-0.2, 0) is 25.9 Å². The Labute approximate surface area is 184 Å². The predicted molar refractivity (Wildman–Crippen MR) is 124 cm³/mol. The van der Waals surface area contributed by atoms with Crippen molar-refractivity contribution in [1.82, 2.24) is 14.9 Å². The molecule has 0 aliphatic heterocycles. The van der Waals surface area contributed by atoms with Crippen molar-refractivity contribution in [2.45, 2.75) is 38.4 Å². The molecule has 4 aromatic rings. The summed E-state index contributed by atoms with van der Waals surface area (Å²) >= 11 is 7.77. The molecule has 0 radical (unpaired) electrons. The second-order valence-corrected chi connectivity index (χ2v) is 9.32. The van der Waals surface area contributed by atoms with E-state index in [1.165, 1.54) is 16.0 Å². The van der Waals surface area contributed by atoms with Crippen LogP contribution in [0.2, 0.25) is 5.02 Å². The summed E-state index contributed by atoms with van der Waals surface area (Å²) in [6, 6.07) is 18.5. The van der Waals surface area contributed by atoms with Gasteiger partial charge in [0.15, 0.2) is 0 Å². The molecule has 1 unspecified atom stereocenters. The van der Waals surface area contributed by atoms with Gasteiger partial charge < -0.3 is 5.32 Å². The van der Waals surface area contributed by atoms with Gasteiger partial charge in [-0.05, 0) is 48.1 Å². The fraction of sp³-hybridized carbons (Fsp3) is 0.250. The highest BCUT2D eigenvalue weighted by atomic mass is 35.5. The van der Waals surface area contributed by atoms with Gasteiger partial charge in [0.25, 0.3) is 5.56 Å². The zero-order chi connectivity index (χ0) is 20.5. The number of fused-ring (bicyclic) bond motifs is 3. The summed E-state index contributed by atoms with van der Waals surface area (Å²) in [5.74, 6) is 0. The van der Waals surface area contributed by atoms with Crippen LogP contribution < -0.4 is 10.9 Å². The molecular weight excluding hydrogens is 414 g/mol. The van der Waals surface area contributed by atoms with E-state index in [4.69, 9.17) is 11.6 Å². The van der Waals surface area contributed by atoms with Crippen LogP contribution in [0.4, 0.5) is 0 Å². The lowest BCUT2D eigenvalue weighted by molar-refractivity contribution is 0.462. The highest BCUT2D eigenvalue weighted by molar-refractivity contribution is 7.18. The van der Waals surface area contributed by atoms with Crippen LogP contribution in [0.15, 0.2) is 65.7 Å². The number of hydrogen-bond donors (Lipinski definition) is 1. The summed E-state index contributed by atoms with van der Waals surface area (Å²) in [4.78, 5) is 20.0. The van der Waals surface area contributed by atoms with E-state index in [9.17, 15) is 4.79 Å². The minimum absolute atomic E-state index is 0.0492. The van der Waals surface area contributed by atoms with Gasteiger partial charge in [-0.15, -0.1) is 11.3 Å². The SMILES string of the molecule is O=c1c2c3c(sc2ncn1Cc1cccc(Cl)c1)CC(NCc1ccccc1)CC3. The quantitative estimate of drug-likeness (QED) is 0.489. The highest BCUT2D eigenvalue weighted by Gasteiger charge is 2.25. The number of nitrogens with zero attached hydrogens (tertiary/aromatic N) is 2. The minimum Gasteiger partial charge on any atom is -0.310 e. The van der Waals surface area contributed by atoms with Gasteiger partial charge >= 0.3 is 0 Å². The molecule has 0 spiro atoms. The summed E-state index contributed by atoms with van der Waals surface area (Å²) in [5, 5.41) is 5.16. The molecule has 1 aliphatic rings. The van der Waals surface area contributed by atoms with Crippen molar-refractivity contribution in [2.24, 2.45) is 0 Å². The summed E-state index contributed by atoms with van der Waals surface area (Å²) in [5.41, 5.74) is 3.55.